The van der Waals surface area contributed by atoms with Gasteiger partial charge in [-0.3, -0.25) is 9.78 Å². The summed E-state index contributed by atoms with van der Waals surface area (Å²) in [5.74, 6) is 0.0155. The van der Waals surface area contributed by atoms with Crippen LogP contribution in [0, 0.1) is 0 Å². The minimum Gasteiger partial charge on any atom is -0.294 e. The number of hydrogen-bond donors (Lipinski definition) is 0. The molecule has 82 valence electrons. The van der Waals surface area contributed by atoms with E-state index in [-0.39, 0.29) is 5.78 Å². The van der Waals surface area contributed by atoms with Gasteiger partial charge in [0.05, 0.1) is 10.5 Å². The van der Waals surface area contributed by atoms with E-state index in [2.05, 4.69) is 20.9 Å². The van der Waals surface area contributed by atoms with E-state index in [1.165, 1.54) is 11.3 Å². The third kappa shape index (κ3) is 2.70. The number of hydrogen-bond acceptors (Lipinski definition) is 3. The lowest BCUT2D eigenvalue weighted by molar-refractivity contribution is 0.0994. The summed E-state index contributed by atoms with van der Waals surface area (Å²) in [6, 6.07) is 5.27. The zero-order chi connectivity index (χ0) is 11.5. The Morgan fingerprint density at radius 1 is 1.50 bits per heavy atom. The highest BCUT2D eigenvalue weighted by Crippen LogP contribution is 2.23. The van der Waals surface area contributed by atoms with Gasteiger partial charge in [-0.05, 0) is 18.2 Å². The first kappa shape index (κ1) is 11.8. The van der Waals surface area contributed by atoms with Crippen LogP contribution in [-0.4, -0.2) is 10.8 Å². The molecule has 0 aliphatic rings. The van der Waals surface area contributed by atoms with E-state index in [4.69, 9.17) is 11.6 Å². The Morgan fingerprint density at radius 2 is 2.31 bits per heavy atom. The van der Waals surface area contributed by atoms with Crippen molar-refractivity contribution in [1.82, 2.24) is 4.98 Å². The quantitative estimate of drug-likeness (QED) is 0.802. The number of nitrogens with zero attached hydrogens (tertiary/aromatic N) is 1. The molecule has 2 nitrogen and oxygen atoms in total. The maximum Gasteiger partial charge on any atom is 0.169 e. The van der Waals surface area contributed by atoms with Crippen molar-refractivity contribution in [3.63, 3.8) is 0 Å². The van der Waals surface area contributed by atoms with Crippen LogP contribution < -0.4 is 0 Å². The molecule has 16 heavy (non-hydrogen) atoms. The summed E-state index contributed by atoms with van der Waals surface area (Å²) in [7, 11) is 0. The van der Waals surface area contributed by atoms with Crippen LogP contribution in [0.2, 0.25) is 5.02 Å². The van der Waals surface area contributed by atoms with Gasteiger partial charge in [-0.25, -0.2) is 0 Å². The highest BCUT2D eigenvalue weighted by molar-refractivity contribution is 9.10. The molecule has 0 aliphatic heterocycles. The van der Waals surface area contributed by atoms with Crippen LogP contribution >= 0.6 is 38.9 Å². The van der Waals surface area contributed by atoms with Crippen LogP contribution in [0.15, 0.2) is 34.4 Å². The first-order valence-corrected chi connectivity index (χ1v) is 6.57. The van der Waals surface area contributed by atoms with Crippen LogP contribution in [0.5, 0.6) is 0 Å². The van der Waals surface area contributed by atoms with Crippen LogP contribution in [0.3, 0.4) is 0 Å². The monoisotopic (exact) mass is 315 g/mol. The molecule has 0 spiro atoms. The Hall–Kier alpha value is -0.710. The van der Waals surface area contributed by atoms with Crippen molar-refractivity contribution < 1.29 is 4.79 Å². The second-order valence-electron chi connectivity index (χ2n) is 3.19. The lowest BCUT2D eigenvalue weighted by atomic mass is 10.1. The number of carbonyl (C=O) groups excluding carboxylic acids is 1. The first-order valence-electron chi connectivity index (χ1n) is 4.52. The molecule has 0 unspecified atom stereocenters. The maximum absolute atomic E-state index is 11.9. The van der Waals surface area contributed by atoms with E-state index >= 15 is 0 Å². The first-order chi connectivity index (χ1) is 7.66. The van der Waals surface area contributed by atoms with Crippen molar-refractivity contribution in [2.45, 2.75) is 6.42 Å². The zero-order valence-electron chi connectivity index (χ0n) is 8.11. The minimum atomic E-state index is 0.0155. The molecule has 0 saturated heterocycles. The zero-order valence-corrected chi connectivity index (χ0v) is 11.3. The van der Waals surface area contributed by atoms with Gasteiger partial charge in [0, 0.05) is 27.5 Å². The van der Waals surface area contributed by atoms with Crippen molar-refractivity contribution in [2.75, 3.05) is 0 Å². The fraction of sp³-hybridized carbons (Fsp3) is 0.0909. The Kier molecular flexibility index (Phi) is 3.74. The number of benzene rings is 1. The van der Waals surface area contributed by atoms with Crippen LogP contribution in [0.1, 0.15) is 15.2 Å². The largest absolute Gasteiger partial charge is 0.294 e. The molecule has 5 heteroatoms. The molecule has 0 radical (unpaired) electrons. The van der Waals surface area contributed by atoms with Gasteiger partial charge in [0.25, 0.3) is 0 Å². The summed E-state index contributed by atoms with van der Waals surface area (Å²) in [6.45, 7) is 0. The summed E-state index contributed by atoms with van der Waals surface area (Å²) in [5, 5.41) is 0.476. The van der Waals surface area contributed by atoms with E-state index in [1.807, 2.05) is 6.07 Å². The maximum atomic E-state index is 11.9. The molecule has 1 aromatic heterocycles. The van der Waals surface area contributed by atoms with Crippen molar-refractivity contribution in [1.29, 1.82) is 0 Å². The molecule has 2 aromatic rings. The lowest BCUT2D eigenvalue weighted by Crippen LogP contribution is -2.03. The van der Waals surface area contributed by atoms with Gasteiger partial charge in [0.1, 0.15) is 0 Å². The lowest BCUT2D eigenvalue weighted by Gasteiger charge is -2.02. The third-order valence-electron chi connectivity index (χ3n) is 2.05. The molecule has 2 rings (SSSR count). The SMILES string of the molecule is O=C(Cc1cncs1)c1ccc(Br)cc1Cl. The van der Waals surface area contributed by atoms with Crippen molar-refractivity contribution in [3.8, 4) is 0 Å². The predicted molar refractivity (Wildman–Crippen MR) is 69.3 cm³/mol. The second-order valence-corrected chi connectivity index (χ2v) is 5.49. The van der Waals surface area contributed by atoms with Crippen LogP contribution in [-0.2, 0) is 6.42 Å². The van der Waals surface area contributed by atoms with Gasteiger partial charge in [0.15, 0.2) is 5.78 Å². The Morgan fingerprint density at radius 3 is 2.94 bits per heavy atom. The van der Waals surface area contributed by atoms with Crippen molar-refractivity contribution in [2.24, 2.45) is 0 Å². The summed E-state index contributed by atoms with van der Waals surface area (Å²) < 4.78 is 0.867. The molecular weight excluding hydrogens is 310 g/mol. The molecule has 0 fully saturated rings. The summed E-state index contributed by atoms with van der Waals surface area (Å²) in [6.07, 6.45) is 2.06. The highest BCUT2D eigenvalue weighted by Gasteiger charge is 2.12. The Labute approximate surface area is 110 Å². The molecule has 0 N–H and O–H groups in total. The van der Waals surface area contributed by atoms with Gasteiger partial charge in [-0.15, -0.1) is 11.3 Å². The summed E-state index contributed by atoms with van der Waals surface area (Å²) >= 11 is 10.8. The number of ketones is 1. The number of thiazole rings is 1. The van der Waals surface area contributed by atoms with E-state index in [1.54, 1.807) is 23.8 Å². The number of Topliss-reactive ketones (excluding diaryl/α,β-unsaturated/α-hetero) is 1. The van der Waals surface area contributed by atoms with Crippen LogP contribution in [0.4, 0.5) is 0 Å². The number of carbonyl (C=O) groups is 1. The molecule has 0 aliphatic carbocycles. The van der Waals surface area contributed by atoms with Crippen LogP contribution in [0.25, 0.3) is 0 Å². The third-order valence-corrected chi connectivity index (χ3v) is 3.64. The predicted octanol–water partition coefficient (Wildman–Crippen LogP) is 3.98. The smallest absolute Gasteiger partial charge is 0.169 e. The van der Waals surface area contributed by atoms with Gasteiger partial charge in [0.2, 0.25) is 0 Å². The number of aromatic nitrogens is 1. The van der Waals surface area contributed by atoms with Gasteiger partial charge < -0.3 is 0 Å². The second kappa shape index (κ2) is 5.08. The summed E-state index contributed by atoms with van der Waals surface area (Å²) in [5.41, 5.74) is 2.27. The van der Waals surface area contributed by atoms with Gasteiger partial charge >= 0.3 is 0 Å². The fourth-order valence-electron chi connectivity index (χ4n) is 1.30. The summed E-state index contributed by atoms with van der Waals surface area (Å²) in [4.78, 5) is 16.8. The molecule has 1 aromatic carbocycles. The van der Waals surface area contributed by atoms with Crippen molar-refractivity contribution in [3.05, 3.63) is 49.8 Å². The molecule has 0 atom stereocenters. The Balaban J connectivity index is 2.21. The number of rotatable bonds is 3. The molecular formula is C11H7BrClNOS. The average Bonchev–Trinajstić information content (AvgIpc) is 2.70. The van der Waals surface area contributed by atoms with Gasteiger partial charge in [-0.1, -0.05) is 27.5 Å². The minimum absolute atomic E-state index is 0.0155. The fourth-order valence-corrected chi connectivity index (χ4v) is 2.67. The van der Waals surface area contributed by atoms with E-state index in [0.29, 0.717) is 17.0 Å². The topological polar surface area (TPSA) is 30.0 Å². The molecule has 1 heterocycles. The molecule has 0 bridgehead atoms. The van der Waals surface area contributed by atoms with Crippen molar-refractivity contribution >= 4 is 44.7 Å². The average molecular weight is 317 g/mol. The molecule has 0 saturated carbocycles. The van der Waals surface area contributed by atoms with E-state index in [0.717, 1.165) is 9.35 Å². The standard InChI is InChI=1S/C11H7BrClNOS/c12-7-1-2-9(10(13)3-7)11(15)4-8-5-14-6-16-8/h1-3,5-6H,4H2. The van der Waals surface area contributed by atoms with E-state index < -0.39 is 0 Å². The van der Waals surface area contributed by atoms with E-state index in [9.17, 15) is 4.79 Å². The molecule has 0 amide bonds. The Bertz CT molecular complexity index is 513. The highest BCUT2D eigenvalue weighted by atomic mass is 79.9. The normalized spacial score (nSPS) is 10.4. The number of halogens is 2. The van der Waals surface area contributed by atoms with Gasteiger partial charge in [-0.2, -0.15) is 0 Å².